The van der Waals surface area contributed by atoms with Crippen LogP contribution in [0.4, 0.5) is 0 Å². The monoisotopic (exact) mass is 366 g/mol. The Kier molecular flexibility index (Phi) is 7.77. The molecular weight excluding hydrogens is 336 g/mol. The van der Waals surface area contributed by atoms with Gasteiger partial charge < -0.3 is 14.5 Å². The molecule has 4 heteroatoms. The number of ether oxygens (including phenoxy) is 1. The number of nitrogens with zero attached hydrogens (tertiary/aromatic N) is 2. The van der Waals surface area contributed by atoms with Crippen molar-refractivity contribution in [1.82, 2.24) is 9.80 Å². The minimum Gasteiger partial charge on any atom is -0.492 e. The first-order valence-corrected chi connectivity index (χ1v) is 9.20. The van der Waals surface area contributed by atoms with Crippen molar-refractivity contribution in [3.63, 3.8) is 0 Å². The van der Waals surface area contributed by atoms with Gasteiger partial charge in [-0.3, -0.25) is 4.79 Å². The first-order valence-electron chi connectivity index (χ1n) is 9.20. The Morgan fingerprint density at radius 3 is 2.48 bits per heavy atom. The molecule has 144 valence electrons. The highest BCUT2D eigenvalue weighted by atomic mass is 16.5. The van der Waals surface area contributed by atoms with E-state index in [4.69, 9.17) is 4.74 Å². The van der Waals surface area contributed by atoms with Gasteiger partial charge in [-0.25, -0.2) is 0 Å². The summed E-state index contributed by atoms with van der Waals surface area (Å²) < 4.78 is 5.91. The molecular formula is C23H30N2O2. The summed E-state index contributed by atoms with van der Waals surface area (Å²) in [5.74, 6) is 0.807. The highest BCUT2D eigenvalue weighted by molar-refractivity contribution is 6.07. The van der Waals surface area contributed by atoms with Gasteiger partial charge in [0.15, 0.2) is 5.78 Å². The van der Waals surface area contributed by atoms with Crippen molar-refractivity contribution in [2.75, 3.05) is 41.3 Å². The second kappa shape index (κ2) is 10.0. The summed E-state index contributed by atoms with van der Waals surface area (Å²) in [5, 5.41) is 0. The number of allylic oxidation sites excluding steroid dienone is 1. The second-order valence-corrected chi connectivity index (χ2v) is 7.29. The molecule has 0 heterocycles. The Hall–Kier alpha value is -2.43. The fraction of sp³-hybridized carbons (Fsp3) is 0.348. The maximum atomic E-state index is 12.8. The zero-order valence-corrected chi connectivity index (χ0v) is 17.0. The van der Waals surface area contributed by atoms with E-state index in [1.807, 2.05) is 83.7 Å². The van der Waals surface area contributed by atoms with Gasteiger partial charge in [0.25, 0.3) is 0 Å². The van der Waals surface area contributed by atoms with Crippen LogP contribution in [0, 0.1) is 6.92 Å². The number of rotatable bonds is 9. The second-order valence-electron chi connectivity index (χ2n) is 7.29. The fourth-order valence-corrected chi connectivity index (χ4v) is 2.76. The molecule has 2 rings (SSSR count). The van der Waals surface area contributed by atoms with Crippen molar-refractivity contribution in [1.29, 1.82) is 0 Å². The van der Waals surface area contributed by atoms with Crippen LogP contribution >= 0.6 is 0 Å². The predicted octanol–water partition coefficient (Wildman–Crippen LogP) is 3.89. The van der Waals surface area contributed by atoms with Gasteiger partial charge in [0.05, 0.1) is 0 Å². The van der Waals surface area contributed by atoms with E-state index in [2.05, 4.69) is 9.80 Å². The molecule has 0 aliphatic heterocycles. The Morgan fingerprint density at radius 1 is 1.04 bits per heavy atom. The van der Waals surface area contributed by atoms with Crippen molar-refractivity contribution in [2.24, 2.45) is 0 Å². The first kappa shape index (κ1) is 20.9. The number of likely N-dealkylation sites (N-methyl/N-ethyl adjacent to an activating group) is 1. The Balaban J connectivity index is 2.20. The molecule has 0 radical (unpaired) electrons. The molecule has 0 N–H and O–H groups in total. The molecule has 0 aliphatic carbocycles. The summed E-state index contributed by atoms with van der Waals surface area (Å²) in [6, 6.07) is 13.8. The fourth-order valence-electron chi connectivity index (χ4n) is 2.76. The number of hydrogen-bond acceptors (Lipinski definition) is 4. The van der Waals surface area contributed by atoms with Gasteiger partial charge in [0, 0.05) is 24.2 Å². The number of ketones is 1. The van der Waals surface area contributed by atoms with E-state index in [9.17, 15) is 4.79 Å². The van der Waals surface area contributed by atoms with Crippen molar-refractivity contribution < 1.29 is 9.53 Å². The Bertz CT molecular complexity index is 795. The van der Waals surface area contributed by atoms with Crippen LogP contribution in [0.3, 0.4) is 0 Å². The predicted molar refractivity (Wildman–Crippen MR) is 112 cm³/mol. The molecule has 2 aromatic rings. The largest absolute Gasteiger partial charge is 0.492 e. The molecule has 0 amide bonds. The quantitative estimate of drug-likeness (QED) is 0.498. The number of hydrogen-bond donors (Lipinski definition) is 0. The Morgan fingerprint density at radius 2 is 1.78 bits per heavy atom. The van der Waals surface area contributed by atoms with E-state index in [-0.39, 0.29) is 5.78 Å². The summed E-state index contributed by atoms with van der Waals surface area (Å²) in [6.07, 6.45) is 3.49. The van der Waals surface area contributed by atoms with E-state index in [1.165, 1.54) is 0 Å². The SMILES string of the molecule is Cc1ccc(OCCN(C)C)c(C=CC(=O)c2ccccc2CN(C)C)c1. The molecule has 27 heavy (non-hydrogen) atoms. The number of benzene rings is 2. The van der Waals surface area contributed by atoms with Gasteiger partial charge in [-0.15, -0.1) is 0 Å². The lowest BCUT2D eigenvalue weighted by molar-refractivity contribution is 0.104. The van der Waals surface area contributed by atoms with Crippen LogP contribution in [-0.4, -0.2) is 56.9 Å². The molecule has 0 saturated carbocycles. The third kappa shape index (κ3) is 6.66. The van der Waals surface area contributed by atoms with E-state index >= 15 is 0 Å². The highest BCUT2D eigenvalue weighted by Crippen LogP contribution is 2.22. The standard InChI is InChI=1S/C23H30N2O2/c1-18-10-13-23(27-15-14-24(2)3)19(16-18)11-12-22(26)21-9-7-6-8-20(21)17-25(4)5/h6-13,16H,14-15,17H2,1-5H3. The van der Waals surface area contributed by atoms with Gasteiger partial charge in [-0.05, 0) is 65.0 Å². The molecule has 0 unspecified atom stereocenters. The van der Waals surface area contributed by atoms with Crippen molar-refractivity contribution >= 4 is 11.9 Å². The average molecular weight is 367 g/mol. The maximum Gasteiger partial charge on any atom is 0.186 e. The third-order valence-electron chi connectivity index (χ3n) is 4.15. The minimum absolute atomic E-state index is 0.00759. The first-order chi connectivity index (χ1) is 12.9. The van der Waals surface area contributed by atoms with Crippen LogP contribution in [0.1, 0.15) is 27.0 Å². The third-order valence-corrected chi connectivity index (χ3v) is 4.15. The van der Waals surface area contributed by atoms with Gasteiger partial charge >= 0.3 is 0 Å². The van der Waals surface area contributed by atoms with Crippen molar-refractivity contribution in [3.8, 4) is 5.75 Å². The lowest BCUT2D eigenvalue weighted by Crippen LogP contribution is -2.19. The lowest BCUT2D eigenvalue weighted by Gasteiger charge is -2.13. The summed E-state index contributed by atoms with van der Waals surface area (Å²) in [6.45, 7) is 4.22. The van der Waals surface area contributed by atoms with E-state index in [0.717, 1.165) is 41.1 Å². The zero-order valence-electron chi connectivity index (χ0n) is 17.0. The Labute approximate surface area is 163 Å². The van der Waals surface area contributed by atoms with Gasteiger partial charge in [0.1, 0.15) is 12.4 Å². The van der Waals surface area contributed by atoms with Gasteiger partial charge in [-0.1, -0.05) is 35.9 Å². The van der Waals surface area contributed by atoms with E-state index in [0.29, 0.717) is 6.61 Å². The van der Waals surface area contributed by atoms with Gasteiger partial charge in [-0.2, -0.15) is 0 Å². The number of aryl methyl sites for hydroxylation is 1. The molecule has 0 saturated heterocycles. The van der Waals surface area contributed by atoms with Crippen LogP contribution < -0.4 is 4.74 Å². The number of carbonyl (C=O) groups is 1. The number of carbonyl (C=O) groups excluding carboxylic acids is 1. The smallest absolute Gasteiger partial charge is 0.186 e. The van der Waals surface area contributed by atoms with Crippen LogP contribution in [0.25, 0.3) is 6.08 Å². The normalized spacial score (nSPS) is 11.5. The van der Waals surface area contributed by atoms with Crippen molar-refractivity contribution in [3.05, 3.63) is 70.8 Å². The van der Waals surface area contributed by atoms with Gasteiger partial charge in [0.2, 0.25) is 0 Å². The minimum atomic E-state index is 0.00759. The molecule has 0 fully saturated rings. The molecule has 0 atom stereocenters. The lowest BCUT2D eigenvalue weighted by atomic mass is 10.0. The van der Waals surface area contributed by atoms with E-state index < -0.39 is 0 Å². The molecule has 0 spiro atoms. The maximum absolute atomic E-state index is 12.8. The molecule has 0 bridgehead atoms. The highest BCUT2D eigenvalue weighted by Gasteiger charge is 2.09. The molecule has 4 nitrogen and oxygen atoms in total. The van der Waals surface area contributed by atoms with Crippen LogP contribution in [0.5, 0.6) is 5.75 Å². The molecule has 0 aliphatic rings. The van der Waals surface area contributed by atoms with E-state index in [1.54, 1.807) is 6.08 Å². The van der Waals surface area contributed by atoms with Crippen LogP contribution in [0.2, 0.25) is 0 Å². The summed E-state index contributed by atoms with van der Waals surface area (Å²) in [4.78, 5) is 16.9. The van der Waals surface area contributed by atoms with Crippen molar-refractivity contribution in [2.45, 2.75) is 13.5 Å². The van der Waals surface area contributed by atoms with Crippen LogP contribution in [0.15, 0.2) is 48.5 Å². The zero-order chi connectivity index (χ0) is 19.8. The molecule has 2 aromatic carbocycles. The molecule has 0 aromatic heterocycles. The average Bonchev–Trinajstić information content (AvgIpc) is 2.61. The summed E-state index contributed by atoms with van der Waals surface area (Å²) >= 11 is 0. The van der Waals surface area contributed by atoms with Crippen LogP contribution in [-0.2, 0) is 6.54 Å². The summed E-state index contributed by atoms with van der Waals surface area (Å²) in [5.41, 5.74) is 3.83. The summed E-state index contributed by atoms with van der Waals surface area (Å²) in [7, 11) is 8.04. The topological polar surface area (TPSA) is 32.8 Å².